The van der Waals surface area contributed by atoms with Gasteiger partial charge in [0.2, 0.25) is 0 Å². The number of ether oxygens (including phenoxy) is 1. The maximum Gasteiger partial charge on any atom is 0.348 e. The van der Waals surface area contributed by atoms with Crippen molar-refractivity contribution in [3.05, 3.63) is 124 Å². The summed E-state index contributed by atoms with van der Waals surface area (Å²) in [5.41, 5.74) is 5.30. The van der Waals surface area contributed by atoms with Crippen molar-refractivity contribution < 1.29 is 18.7 Å². The molecule has 4 atom stereocenters. The van der Waals surface area contributed by atoms with Gasteiger partial charge in [0.1, 0.15) is 9.75 Å². The quantitative estimate of drug-likeness (QED) is 0.0217. The first-order valence-corrected chi connectivity index (χ1v) is 54.8. The van der Waals surface area contributed by atoms with Crippen LogP contribution in [0.25, 0.3) is 132 Å². The van der Waals surface area contributed by atoms with Gasteiger partial charge in [0.25, 0.3) is 0 Å². The Hall–Kier alpha value is -4.53. The third-order valence-corrected chi connectivity index (χ3v) is 39.2. The molecule has 0 radical (unpaired) electrons. The maximum absolute atomic E-state index is 17.2. The second-order valence-corrected chi connectivity index (χ2v) is 46.9. The van der Waals surface area contributed by atoms with Gasteiger partial charge in [-0.2, -0.15) is 0 Å². The molecule has 0 bridgehead atoms. The molecular formula is C101H123FO3S12. The van der Waals surface area contributed by atoms with E-state index in [1.165, 1.54) is 272 Å². The average Bonchev–Trinajstić information content (AvgIpc) is 1.56. The van der Waals surface area contributed by atoms with Crippen LogP contribution >= 0.6 is 136 Å². The molecule has 0 saturated heterocycles. The van der Waals surface area contributed by atoms with Gasteiger partial charge in [-0.3, -0.25) is 4.79 Å². The Balaban J connectivity index is 0.986. The van der Waals surface area contributed by atoms with E-state index in [0.717, 1.165) is 106 Å². The molecule has 0 amide bonds. The zero-order valence-electron chi connectivity index (χ0n) is 71.6. The molecule has 117 heavy (non-hydrogen) atoms. The van der Waals surface area contributed by atoms with Crippen molar-refractivity contribution in [2.24, 2.45) is 23.7 Å². The number of esters is 1. The van der Waals surface area contributed by atoms with Crippen LogP contribution in [-0.2, 0) is 30.4 Å². The predicted molar refractivity (Wildman–Crippen MR) is 532 cm³/mol. The van der Waals surface area contributed by atoms with E-state index in [-0.39, 0.29) is 17.6 Å². The van der Waals surface area contributed by atoms with Crippen LogP contribution in [-0.4, -0.2) is 18.4 Å². The van der Waals surface area contributed by atoms with Crippen LogP contribution in [0.1, 0.15) is 310 Å². The molecule has 624 valence electrons. The number of ketones is 1. The number of benzene rings is 2. The van der Waals surface area contributed by atoms with Gasteiger partial charge in [-0.25, -0.2) is 9.18 Å². The lowest BCUT2D eigenvalue weighted by molar-refractivity contribution is 0.0503. The number of aryl methyl sites for hydroxylation is 2. The van der Waals surface area contributed by atoms with Crippen molar-refractivity contribution in [2.75, 3.05) is 6.61 Å². The zero-order valence-corrected chi connectivity index (χ0v) is 81.4. The number of unbranched alkanes of at least 4 members (excludes halogenated alkanes) is 15. The Bertz CT molecular complexity index is 5400. The van der Waals surface area contributed by atoms with Crippen molar-refractivity contribution in [1.29, 1.82) is 0 Å². The molecule has 0 aliphatic carbocycles. The number of hydrogen-bond donors (Lipinski definition) is 0. The first kappa shape index (κ1) is 88.8. The molecule has 0 aliphatic rings. The van der Waals surface area contributed by atoms with E-state index in [9.17, 15) is 9.59 Å². The Morgan fingerprint density at radius 2 is 0.718 bits per heavy atom. The molecule has 0 N–H and O–H groups in total. The number of fused-ring (bicyclic) bond motifs is 6. The van der Waals surface area contributed by atoms with Crippen molar-refractivity contribution in [3.8, 4) is 71.0 Å². The monoisotopic (exact) mass is 1790 g/mol. The van der Waals surface area contributed by atoms with Gasteiger partial charge in [0.15, 0.2) is 11.6 Å². The van der Waals surface area contributed by atoms with Gasteiger partial charge in [0.05, 0.1) is 30.6 Å². The predicted octanol–water partition coefficient (Wildman–Crippen LogP) is 38.6. The lowest BCUT2D eigenvalue weighted by Gasteiger charge is -2.13. The highest BCUT2D eigenvalue weighted by atomic mass is 32.1. The molecule has 0 saturated carbocycles. The topological polar surface area (TPSA) is 43.4 Å². The Morgan fingerprint density at radius 1 is 0.342 bits per heavy atom. The molecular weight excluding hydrogens is 1660 g/mol. The van der Waals surface area contributed by atoms with Crippen LogP contribution in [0.2, 0.25) is 0 Å². The number of rotatable bonds is 48. The minimum atomic E-state index is -0.328. The second kappa shape index (κ2) is 42.2. The number of halogens is 1. The molecule has 12 aromatic heterocycles. The molecule has 2 aromatic carbocycles. The van der Waals surface area contributed by atoms with Crippen LogP contribution < -0.4 is 0 Å². The van der Waals surface area contributed by atoms with E-state index in [2.05, 4.69) is 162 Å². The highest BCUT2D eigenvalue weighted by molar-refractivity contribution is 7.36. The fourth-order valence-electron chi connectivity index (χ4n) is 17.7. The van der Waals surface area contributed by atoms with E-state index >= 15 is 4.39 Å². The minimum Gasteiger partial charge on any atom is -0.462 e. The molecule has 16 heteroatoms. The van der Waals surface area contributed by atoms with Crippen molar-refractivity contribution in [3.63, 3.8) is 0 Å². The SMILES string of the molecule is CCCCCCCCCC(=O)c1sc2c(-c3cc4c(-c5ccc(CC(CC)CCCC)s5)c5sc(-c6sc(-c7cc8c(-c9ccc(CC(CC)CCCC)s9)c9sc(C)cc9c(-c9ccc(CC(CC)CCCC)s9)c8s7)c7sc(C(=O)OCCCCCCCC)cc67)cc5c(-c5ccc(CC(CC)CCCC)s5)c4s3)sc(C)c2c1F. The van der Waals surface area contributed by atoms with Gasteiger partial charge in [-0.15, -0.1) is 136 Å². The number of carbonyl (C=O) groups is 2. The smallest absolute Gasteiger partial charge is 0.348 e. The number of Topliss-reactive ketones (excluding diaryl/α,β-unsaturated/α-hetero) is 1. The summed E-state index contributed by atoms with van der Waals surface area (Å²) in [5.74, 6) is 1.98. The van der Waals surface area contributed by atoms with E-state index in [1.54, 1.807) is 22.7 Å². The third-order valence-electron chi connectivity index (χ3n) is 24.7. The molecule has 3 nitrogen and oxygen atoms in total. The first-order valence-electron chi connectivity index (χ1n) is 45.0. The van der Waals surface area contributed by atoms with Gasteiger partial charge in [-0.1, -0.05) is 243 Å². The summed E-state index contributed by atoms with van der Waals surface area (Å²) >= 11 is 22.4. The molecule has 4 unspecified atom stereocenters. The summed E-state index contributed by atoms with van der Waals surface area (Å²) in [7, 11) is 0. The summed E-state index contributed by atoms with van der Waals surface area (Å²) < 4.78 is 30.9. The molecule has 14 rings (SSSR count). The van der Waals surface area contributed by atoms with E-state index in [4.69, 9.17) is 4.74 Å². The van der Waals surface area contributed by atoms with Crippen LogP contribution in [0.4, 0.5) is 4.39 Å². The highest BCUT2D eigenvalue weighted by Crippen LogP contribution is 2.61. The van der Waals surface area contributed by atoms with Gasteiger partial charge >= 0.3 is 5.97 Å². The number of hydrogen-bond acceptors (Lipinski definition) is 15. The standard InChI is InChI=1S/C101H123FO3S12/c1-13-23-29-31-33-34-36-42-76(103)97-90(102)85-62(12)107-99(100(85)117-97)83-59-74-89(80-50-46-70(111-80)56-66(22-10)41-28-18-6)94-72(88(95(74)114-83)79-49-45-69(110-79)55-65(21-9)40-27-17-5)57-81(112-94)91-75-60-84(101(104)105-51-37-35-32-30-24-14-2)115-96(75)98(116-91)82-58-73-87(78-48-44-68(109-78)54-64(20-8)39-26-16-4)92-71(52-61(11)106-92)86(93(73)113-82)77-47-43-67(108-77)53-63(19-7)38-25-15-3/h43-50,52,57-60,63-66H,13-42,51,53-56H2,1-12H3. The molecule has 12 heterocycles. The Labute approximate surface area is 746 Å². The first-order chi connectivity index (χ1) is 57.1. The van der Waals surface area contributed by atoms with Gasteiger partial charge < -0.3 is 4.74 Å². The lowest BCUT2D eigenvalue weighted by atomic mass is 9.95. The maximum atomic E-state index is 17.2. The van der Waals surface area contributed by atoms with Crippen molar-refractivity contribution in [2.45, 2.75) is 301 Å². The molecule has 0 aliphatic heterocycles. The third kappa shape index (κ3) is 20.2. The summed E-state index contributed by atoms with van der Waals surface area (Å²) in [6, 6.07) is 31.9. The largest absolute Gasteiger partial charge is 0.462 e. The zero-order chi connectivity index (χ0) is 81.8. The number of carbonyl (C=O) groups excluding carboxylic acids is 2. The summed E-state index contributed by atoms with van der Waals surface area (Å²) in [6.07, 6.45) is 39.0. The van der Waals surface area contributed by atoms with Crippen LogP contribution in [0, 0.1) is 43.3 Å². The van der Waals surface area contributed by atoms with Crippen LogP contribution in [0.5, 0.6) is 0 Å². The second-order valence-electron chi connectivity index (χ2n) is 33.5. The van der Waals surface area contributed by atoms with Crippen molar-refractivity contribution in [1.82, 2.24) is 0 Å². The highest BCUT2D eigenvalue weighted by Gasteiger charge is 2.33. The van der Waals surface area contributed by atoms with Crippen LogP contribution in [0.15, 0.2) is 78.9 Å². The van der Waals surface area contributed by atoms with Gasteiger partial charge in [-0.05, 0) is 155 Å². The van der Waals surface area contributed by atoms with E-state index in [1.807, 2.05) is 102 Å². The minimum absolute atomic E-state index is 0.0577. The number of thiophene rings is 12. The molecule has 14 aromatic rings. The van der Waals surface area contributed by atoms with Gasteiger partial charge in [0, 0.05) is 143 Å². The van der Waals surface area contributed by atoms with Crippen molar-refractivity contribution >= 4 is 208 Å². The normalized spacial score (nSPS) is 13.3. The average molecular weight is 1790 g/mol. The van der Waals surface area contributed by atoms with Crippen LogP contribution in [0.3, 0.4) is 0 Å². The lowest BCUT2D eigenvalue weighted by Crippen LogP contribution is -2.04. The summed E-state index contributed by atoms with van der Waals surface area (Å²) in [4.78, 5) is 50.6. The van der Waals surface area contributed by atoms with E-state index < -0.39 is 0 Å². The fourth-order valence-corrected chi connectivity index (χ4v) is 33.0. The van der Waals surface area contributed by atoms with E-state index in [0.29, 0.717) is 51.8 Å². The Morgan fingerprint density at radius 3 is 1.14 bits per heavy atom. The Kier molecular flexibility index (Phi) is 32.0. The molecule has 0 spiro atoms. The molecule has 0 fully saturated rings. The summed E-state index contributed by atoms with van der Waals surface area (Å²) in [5, 5.41) is 6.94. The fraction of sp³-hybridized carbons (Fsp3) is 0.505. The summed E-state index contributed by atoms with van der Waals surface area (Å²) in [6.45, 7) is 28.1.